The van der Waals surface area contributed by atoms with Crippen LogP contribution in [0, 0.1) is 12.8 Å². The van der Waals surface area contributed by atoms with Crippen molar-refractivity contribution in [2.24, 2.45) is 5.92 Å². The number of halogens is 1. The summed E-state index contributed by atoms with van der Waals surface area (Å²) in [5.41, 5.74) is 3.26. The smallest absolute Gasteiger partial charge is 0.257 e. The molecule has 2 aliphatic rings. The number of hydrogen-bond donors (Lipinski definition) is 2. The Morgan fingerprint density at radius 1 is 1.17 bits per heavy atom. The molecule has 156 valence electrons. The third-order valence-corrected chi connectivity index (χ3v) is 7.41. The second-order valence-electron chi connectivity index (χ2n) is 8.01. The van der Waals surface area contributed by atoms with Gasteiger partial charge in [-0.05, 0) is 55.5 Å². The Kier molecular flexibility index (Phi) is 6.49. The molecule has 2 aromatic carbocycles. The highest BCUT2D eigenvalue weighted by molar-refractivity contribution is 8.04. The molecule has 1 heterocycles. The Balaban J connectivity index is 1.34. The minimum atomic E-state index is -0.0675. The van der Waals surface area contributed by atoms with Gasteiger partial charge in [0.25, 0.3) is 5.91 Å². The van der Waals surface area contributed by atoms with Gasteiger partial charge >= 0.3 is 0 Å². The summed E-state index contributed by atoms with van der Waals surface area (Å²) in [7, 11) is 0. The van der Waals surface area contributed by atoms with Crippen molar-refractivity contribution >= 4 is 41.3 Å². The summed E-state index contributed by atoms with van der Waals surface area (Å²) in [6.07, 6.45) is 4.41. The van der Waals surface area contributed by atoms with Crippen LogP contribution < -0.4 is 10.6 Å². The Labute approximate surface area is 186 Å². The number of amides is 2. The predicted octanol–water partition coefficient (Wildman–Crippen LogP) is 4.71. The van der Waals surface area contributed by atoms with E-state index in [9.17, 15) is 9.59 Å². The molecule has 30 heavy (non-hydrogen) atoms. The van der Waals surface area contributed by atoms with E-state index < -0.39 is 0 Å². The van der Waals surface area contributed by atoms with Crippen LogP contribution in [0.15, 0.2) is 53.4 Å². The van der Waals surface area contributed by atoms with Gasteiger partial charge in [-0.2, -0.15) is 0 Å². The van der Waals surface area contributed by atoms with E-state index in [2.05, 4.69) is 22.8 Å². The molecule has 6 heteroatoms. The number of benzene rings is 2. The maximum absolute atomic E-state index is 12.7. The molecule has 0 radical (unpaired) electrons. The third kappa shape index (κ3) is 5.08. The van der Waals surface area contributed by atoms with E-state index in [1.807, 2.05) is 49.4 Å². The first-order valence-corrected chi connectivity index (χ1v) is 11.5. The van der Waals surface area contributed by atoms with Gasteiger partial charge in [-0.3, -0.25) is 9.59 Å². The molecular weight excluding hydrogens is 416 g/mol. The lowest BCUT2D eigenvalue weighted by Gasteiger charge is -2.39. The average Bonchev–Trinajstić information content (AvgIpc) is 2.75. The number of rotatable bonds is 4. The number of carbonyl (C=O) groups is 2. The quantitative estimate of drug-likeness (QED) is 0.677. The second kappa shape index (κ2) is 9.27. The van der Waals surface area contributed by atoms with Crippen molar-refractivity contribution in [3.05, 3.63) is 75.1 Å². The summed E-state index contributed by atoms with van der Waals surface area (Å²) in [6, 6.07) is 15.7. The van der Waals surface area contributed by atoms with Gasteiger partial charge in [-0.1, -0.05) is 53.6 Å². The fraction of sp³-hybridized carbons (Fsp3) is 0.333. The minimum Gasteiger partial charge on any atom is -0.352 e. The zero-order valence-corrected chi connectivity index (χ0v) is 18.4. The lowest BCUT2D eigenvalue weighted by molar-refractivity contribution is -0.127. The Bertz CT molecular complexity index is 956. The number of thioether (sulfide) groups is 1. The van der Waals surface area contributed by atoms with Gasteiger partial charge in [0.2, 0.25) is 5.91 Å². The van der Waals surface area contributed by atoms with Gasteiger partial charge in [-0.25, -0.2) is 0 Å². The van der Waals surface area contributed by atoms with Gasteiger partial charge in [0.15, 0.2) is 0 Å². The highest BCUT2D eigenvalue weighted by Crippen LogP contribution is 2.40. The van der Waals surface area contributed by atoms with Crippen LogP contribution in [0.3, 0.4) is 0 Å². The van der Waals surface area contributed by atoms with Crippen LogP contribution in [0.2, 0.25) is 5.02 Å². The number of nitrogens with one attached hydrogen (secondary N) is 2. The molecule has 0 aromatic heterocycles. The summed E-state index contributed by atoms with van der Waals surface area (Å²) in [5.74, 6) is -0.0465. The molecule has 3 atom stereocenters. The largest absolute Gasteiger partial charge is 0.352 e. The van der Waals surface area contributed by atoms with Gasteiger partial charge in [0, 0.05) is 28.8 Å². The Hall–Kier alpha value is -2.24. The van der Waals surface area contributed by atoms with Gasteiger partial charge in [0.05, 0.1) is 4.91 Å². The van der Waals surface area contributed by atoms with Crippen LogP contribution in [0.4, 0.5) is 0 Å². The summed E-state index contributed by atoms with van der Waals surface area (Å²) in [5, 5.41) is 7.17. The van der Waals surface area contributed by atoms with Crippen molar-refractivity contribution < 1.29 is 9.59 Å². The average molecular weight is 441 g/mol. The van der Waals surface area contributed by atoms with E-state index in [0.29, 0.717) is 23.2 Å². The maximum atomic E-state index is 12.7. The predicted molar refractivity (Wildman–Crippen MR) is 123 cm³/mol. The number of hydrogen-bond acceptors (Lipinski definition) is 3. The molecule has 2 amide bonds. The van der Waals surface area contributed by atoms with E-state index in [1.165, 1.54) is 5.56 Å². The fourth-order valence-corrected chi connectivity index (χ4v) is 5.40. The highest BCUT2D eigenvalue weighted by atomic mass is 35.5. The zero-order chi connectivity index (χ0) is 21.1. The molecular formula is C24H25ClN2O2S. The second-order valence-corrected chi connectivity index (χ2v) is 9.73. The lowest BCUT2D eigenvalue weighted by Crippen LogP contribution is -2.51. The molecule has 3 unspecified atom stereocenters. The van der Waals surface area contributed by atoms with Crippen molar-refractivity contribution in [2.45, 2.75) is 44.0 Å². The van der Waals surface area contributed by atoms with Crippen molar-refractivity contribution in [1.29, 1.82) is 0 Å². The molecule has 0 bridgehead atoms. The van der Waals surface area contributed by atoms with Crippen molar-refractivity contribution in [2.75, 3.05) is 0 Å². The van der Waals surface area contributed by atoms with E-state index in [1.54, 1.807) is 11.8 Å². The van der Waals surface area contributed by atoms with Crippen molar-refractivity contribution in [1.82, 2.24) is 10.6 Å². The van der Waals surface area contributed by atoms with E-state index in [4.69, 9.17) is 11.6 Å². The van der Waals surface area contributed by atoms with Crippen molar-refractivity contribution in [3.8, 4) is 0 Å². The van der Waals surface area contributed by atoms with Crippen LogP contribution in [0.25, 0.3) is 6.08 Å². The van der Waals surface area contributed by atoms with Gasteiger partial charge in [0.1, 0.15) is 0 Å². The fourth-order valence-electron chi connectivity index (χ4n) is 3.98. The summed E-state index contributed by atoms with van der Waals surface area (Å²) in [6.45, 7) is 2.54. The maximum Gasteiger partial charge on any atom is 0.257 e. The number of fused-ring (bicyclic) bond motifs is 1. The standard InChI is InChI=1S/C24H25ClN2O2S/c1-15-2-4-16(5-3-15)12-22-24(29)27-20-13-18(8-11-21(20)30-22)23(28)26-14-17-6-9-19(25)10-7-17/h2-7,9-10,12,18,20-21H,8,11,13-14H2,1H3,(H,26,28)(H,27,29)/b22-12+. The van der Waals surface area contributed by atoms with Crippen LogP contribution in [0.1, 0.15) is 36.0 Å². The third-order valence-electron chi connectivity index (χ3n) is 5.73. The van der Waals surface area contributed by atoms with Gasteiger partial charge < -0.3 is 10.6 Å². The van der Waals surface area contributed by atoms with Crippen LogP contribution in [-0.2, 0) is 16.1 Å². The number of aryl methyl sites for hydroxylation is 1. The van der Waals surface area contributed by atoms with Crippen LogP contribution in [0.5, 0.6) is 0 Å². The molecule has 1 saturated carbocycles. The SMILES string of the molecule is Cc1ccc(/C=C2/SC3CCC(C(=O)NCc4ccc(Cl)cc4)CC3NC2=O)cc1. The number of carbonyl (C=O) groups excluding carboxylic acids is 2. The molecule has 2 fully saturated rings. The normalized spacial score (nSPS) is 24.8. The molecule has 1 aliphatic carbocycles. The zero-order valence-electron chi connectivity index (χ0n) is 16.9. The molecule has 4 nitrogen and oxygen atoms in total. The molecule has 1 saturated heterocycles. The Morgan fingerprint density at radius 3 is 2.63 bits per heavy atom. The van der Waals surface area contributed by atoms with Crippen LogP contribution >= 0.6 is 23.4 Å². The topological polar surface area (TPSA) is 58.2 Å². The summed E-state index contributed by atoms with van der Waals surface area (Å²) < 4.78 is 0. The van der Waals surface area contributed by atoms with E-state index in [-0.39, 0.29) is 23.8 Å². The monoisotopic (exact) mass is 440 g/mol. The highest BCUT2D eigenvalue weighted by Gasteiger charge is 2.39. The summed E-state index contributed by atoms with van der Waals surface area (Å²) in [4.78, 5) is 26.0. The Morgan fingerprint density at radius 2 is 1.90 bits per heavy atom. The van der Waals surface area contributed by atoms with Gasteiger partial charge in [-0.15, -0.1) is 11.8 Å². The lowest BCUT2D eigenvalue weighted by atomic mass is 9.84. The molecule has 4 rings (SSSR count). The molecule has 0 spiro atoms. The van der Waals surface area contributed by atoms with E-state index >= 15 is 0 Å². The van der Waals surface area contributed by atoms with Crippen molar-refractivity contribution in [3.63, 3.8) is 0 Å². The first-order valence-electron chi connectivity index (χ1n) is 10.3. The molecule has 2 aromatic rings. The minimum absolute atomic E-state index is 0.0379. The van der Waals surface area contributed by atoms with Crippen LogP contribution in [-0.4, -0.2) is 23.1 Å². The summed E-state index contributed by atoms with van der Waals surface area (Å²) >= 11 is 7.56. The first-order chi connectivity index (χ1) is 14.5. The molecule has 1 aliphatic heterocycles. The van der Waals surface area contributed by atoms with E-state index in [0.717, 1.165) is 28.9 Å². The molecule has 2 N–H and O–H groups in total. The first kappa shape index (κ1) is 21.0.